The summed E-state index contributed by atoms with van der Waals surface area (Å²) >= 11 is 0. The Morgan fingerprint density at radius 2 is 1.88 bits per heavy atom. The Hall–Kier alpha value is -1.82. The van der Waals surface area contributed by atoms with Crippen LogP contribution in [0.5, 0.6) is 0 Å². The fourth-order valence-electron chi connectivity index (χ4n) is 3.79. The van der Waals surface area contributed by atoms with Crippen molar-refractivity contribution in [1.82, 2.24) is 9.80 Å². The molecule has 1 saturated heterocycles. The molecule has 1 aromatic carbocycles. The summed E-state index contributed by atoms with van der Waals surface area (Å²) < 4.78 is 39.6. The monoisotopic (exact) mass is 366 g/mol. The number of amides is 1. The van der Waals surface area contributed by atoms with Crippen LogP contribution in [0.15, 0.2) is 36.4 Å². The van der Waals surface area contributed by atoms with Crippen molar-refractivity contribution in [2.24, 2.45) is 5.92 Å². The minimum atomic E-state index is -4.40. The number of hydrogen-bond donors (Lipinski definition) is 0. The molecule has 1 amide bonds. The molecule has 1 aliphatic carbocycles. The summed E-state index contributed by atoms with van der Waals surface area (Å²) in [5.41, 5.74) is -0.484. The van der Waals surface area contributed by atoms with Crippen LogP contribution in [0.4, 0.5) is 13.2 Å². The van der Waals surface area contributed by atoms with Crippen molar-refractivity contribution < 1.29 is 18.0 Å². The first-order valence-electron chi connectivity index (χ1n) is 9.23. The van der Waals surface area contributed by atoms with Gasteiger partial charge in [0.1, 0.15) is 0 Å². The predicted octanol–water partition coefficient (Wildman–Crippen LogP) is 4.10. The van der Waals surface area contributed by atoms with Crippen LogP contribution in [0.3, 0.4) is 0 Å². The van der Waals surface area contributed by atoms with E-state index in [1.165, 1.54) is 18.6 Å². The summed E-state index contributed by atoms with van der Waals surface area (Å²) in [6.45, 7) is 2.88. The number of hydrogen-bond acceptors (Lipinski definition) is 2. The molecule has 3 rings (SSSR count). The van der Waals surface area contributed by atoms with Crippen LogP contribution >= 0.6 is 0 Å². The highest BCUT2D eigenvalue weighted by atomic mass is 19.4. The Balaban J connectivity index is 1.63. The Bertz CT molecular complexity index is 657. The van der Waals surface area contributed by atoms with Crippen LogP contribution in [-0.4, -0.2) is 41.9 Å². The van der Waals surface area contributed by atoms with Gasteiger partial charge in [-0.05, 0) is 36.8 Å². The second kappa shape index (κ2) is 8.25. The van der Waals surface area contributed by atoms with Gasteiger partial charge in [-0.15, -0.1) is 0 Å². The van der Waals surface area contributed by atoms with E-state index >= 15 is 0 Å². The Morgan fingerprint density at radius 1 is 1.08 bits per heavy atom. The van der Waals surface area contributed by atoms with Crippen molar-refractivity contribution in [2.75, 3.05) is 26.2 Å². The molecule has 6 heteroatoms. The Morgan fingerprint density at radius 3 is 2.62 bits per heavy atom. The molecule has 0 spiro atoms. The van der Waals surface area contributed by atoms with Gasteiger partial charge in [-0.25, -0.2) is 0 Å². The molecular weight excluding hydrogens is 341 g/mol. The van der Waals surface area contributed by atoms with Crippen molar-refractivity contribution in [3.8, 4) is 0 Å². The summed E-state index contributed by atoms with van der Waals surface area (Å²) in [5, 5.41) is 0. The maximum absolute atomic E-state index is 13.2. The largest absolute Gasteiger partial charge is 0.416 e. The van der Waals surface area contributed by atoms with Gasteiger partial charge in [0, 0.05) is 39.1 Å². The summed E-state index contributed by atoms with van der Waals surface area (Å²) in [7, 11) is 0. The highest BCUT2D eigenvalue weighted by Crippen LogP contribution is 2.32. The molecule has 0 unspecified atom stereocenters. The number of carbonyl (C=O) groups excluding carboxylic acids is 1. The molecular formula is C20H25F3N2O. The number of nitrogens with zero attached hydrogens (tertiary/aromatic N) is 2. The molecule has 0 N–H and O–H groups in total. The average Bonchev–Trinajstić information content (AvgIpc) is 2.78. The lowest BCUT2D eigenvalue weighted by Gasteiger charge is -2.27. The first-order chi connectivity index (χ1) is 12.4. The van der Waals surface area contributed by atoms with E-state index in [1.54, 1.807) is 11.0 Å². The molecule has 0 aromatic heterocycles. The fourth-order valence-corrected chi connectivity index (χ4v) is 3.79. The van der Waals surface area contributed by atoms with Gasteiger partial charge in [-0.1, -0.05) is 30.4 Å². The van der Waals surface area contributed by atoms with E-state index in [1.807, 2.05) is 0 Å². The maximum Gasteiger partial charge on any atom is 0.416 e. The van der Waals surface area contributed by atoms with E-state index in [2.05, 4.69) is 17.1 Å². The molecule has 1 heterocycles. The zero-order valence-corrected chi connectivity index (χ0v) is 14.8. The molecule has 2 aliphatic rings. The summed E-state index contributed by atoms with van der Waals surface area (Å²) in [5.74, 6) is 0.556. The lowest BCUT2D eigenvalue weighted by atomic mass is 9.94. The third-order valence-corrected chi connectivity index (χ3v) is 5.26. The predicted molar refractivity (Wildman–Crippen MR) is 94.4 cm³/mol. The van der Waals surface area contributed by atoms with E-state index < -0.39 is 11.7 Å². The molecule has 1 aliphatic heterocycles. The molecule has 3 nitrogen and oxygen atoms in total. The van der Waals surface area contributed by atoms with Gasteiger partial charge in [0.15, 0.2) is 0 Å². The third kappa shape index (κ3) is 4.87. The van der Waals surface area contributed by atoms with Crippen LogP contribution in [0.1, 0.15) is 36.8 Å². The van der Waals surface area contributed by atoms with E-state index in [4.69, 9.17) is 0 Å². The van der Waals surface area contributed by atoms with Gasteiger partial charge < -0.3 is 9.80 Å². The van der Waals surface area contributed by atoms with Crippen molar-refractivity contribution >= 4 is 5.91 Å². The third-order valence-electron chi connectivity index (χ3n) is 5.26. The van der Waals surface area contributed by atoms with Gasteiger partial charge >= 0.3 is 6.18 Å². The van der Waals surface area contributed by atoms with Gasteiger partial charge in [0.05, 0.1) is 5.56 Å². The average molecular weight is 366 g/mol. The molecule has 1 atom stereocenters. The molecule has 26 heavy (non-hydrogen) atoms. The van der Waals surface area contributed by atoms with E-state index in [0.29, 0.717) is 25.4 Å². The van der Waals surface area contributed by atoms with Gasteiger partial charge in [-0.2, -0.15) is 13.2 Å². The summed E-state index contributed by atoms with van der Waals surface area (Å²) in [4.78, 5) is 16.3. The topological polar surface area (TPSA) is 23.6 Å². The van der Waals surface area contributed by atoms with Crippen LogP contribution in [0.25, 0.3) is 0 Å². The van der Waals surface area contributed by atoms with E-state index in [9.17, 15) is 18.0 Å². The van der Waals surface area contributed by atoms with Crippen LogP contribution < -0.4 is 0 Å². The van der Waals surface area contributed by atoms with Gasteiger partial charge in [-0.3, -0.25) is 4.79 Å². The maximum atomic E-state index is 13.2. The summed E-state index contributed by atoms with van der Waals surface area (Å²) in [6, 6.07) is 5.53. The lowest BCUT2D eigenvalue weighted by molar-refractivity contribution is -0.139. The fraction of sp³-hybridized carbons (Fsp3) is 0.550. The Kier molecular flexibility index (Phi) is 6.01. The van der Waals surface area contributed by atoms with Crippen LogP contribution in [0, 0.1) is 5.92 Å². The zero-order chi connectivity index (χ0) is 18.6. The van der Waals surface area contributed by atoms with E-state index in [0.717, 1.165) is 32.0 Å². The molecule has 0 radical (unpaired) electrons. The zero-order valence-electron chi connectivity index (χ0n) is 14.8. The number of halogens is 3. The van der Waals surface area contributed by atoms with Crippen LogP contribution in [0.2, 0.25) is 0 Å². The smallest absolute Gasteiger partial charge is 0.337 e. The number of benzene rings is 1. The van der Waals surface area contributed by atoms with Crippen molar-refractivity contribution in [2.45, 2.75) is 38.4 Å². The number of allylic oxidation sites excluding steroid dienone is 2. The van der Waals surface area contributed by atoms with Gasteiger partial charge in [0.25, 0.3) is 0 Å². The first-order valence-corrected chi connectivity index (χ1v) is 9.23. The second-order valence-corrected chi connectivity index (χ2v) is 7.17. The highest BCUT2D eigenvalue weighted by Gasteiger charge is 2.34. The number of carbonyl (C=O) groups is 1. The minimum absolute atomic E-state index is 0.0223. The standard InChI is InChI=1S/C20H25F3N2O/c21-20(22,23)18-9-5-4-8-17(18)15-25-13-12-24(11-10-19(25)26)14-16-6-2-1-3-7-16/h1-2,4-5,8-9,16H,3,6-7,10-15H2/t16-/m1/s1. The molecule has 1 fully saturated rings. The number of alkyl halides is 3. The minimum Gasteiger partial charge on any atom is -0.337 e. The lowest BCUT2D eigenvalue weighted by Crippen LogP contribution is -2.35. The molecule has 0 bridgehead atoms. The molecule has 1 aromatic rings. The normalized spacial score (nSPS) is 22.5. The Labute approximate surface area is 152 Å². The first kappa shape index (κ1) is 19.0. The molecule has 142 valence electrons. The van der Waals surface area contributed by atoms with Crippen molar-refractivity contribution in [3.05, 3.63) is 47.5 Å². The van der Waals surface area contributed by atoms with Crippen molar-refractivity contribution in [3.63, 3.8) is 0 Å². The van der Waals surface area contributed by atoms with Crippen LogP contribution in [-0.2, 0) is 17.5 Å². The molecule has 0 saturated carbocycles. The number of rotatable bonds is 4. The SMILES string of the molecule is O=C1CCN(C[C@@H]2CC=CCC2)CCN1Cc1ccccc1C(F)(F)F. The highest BCUT2D eigenvalue weighted by molar-refractivity contribution is 5.76. The summed E-state index contributed by atoms with van der Waals surface area (Å²) in [6.07, 6.45) is 3.76. The van der Waals surface area contributed by atoms with Gasteiger partial charge in [0.2, 0.25) is 5.91 Å². The quantitative estimate of drug-likeness (QED) is 0.749. The van der Waals surface area contributed by atoms with Crippen molar-refractivity contribution in [1.29, 1.82) is 0 Å². The second-order valence-electron chi connectivity index (χ2n) is 7.17. The van der Waals surface area contributed by atoms with E-state index in [-0.39, 0.29) is 18.0 Å².